The van der Waals surface area contributed by atoms with Crippen LogP contribution in [0.5, 0.6) is 11.5 Å². The number of imidazole rings is 1. The molecule has 0 amide bonds. The largest absolute Gasteiger partial charge is 2.00 e. The zero-order chi connectivity index (χ0) is 67.7. The Bertz CT molecular complexity index is 5780. The van der Waals surface area contributed by atoms with Crippen LogP contribution in [-0.4, -0.2) is 71.8 Å². The van der Waals surface area contributed by atoms with E-state index in [2.05, 4.69) is 281 Å². The molecule has 0 fully saturated rings. The molecule has 7 aromatic heterocycles. The van der Waals surface area contributed by atoms with Crippen molar-refractivity contribution in [2.75, 3.05) is 30.5 Å². The molecule has 5 aliphatic heterocycles. The molecule has 2 atom stereocenters. The summed E-state index contributed by atoms with van der Waals surface area (Å²) in [6.07, 6.45) is 24.8. The third-order valence-corrected chi connectivity index (χ3v) is 19.2. The number of nitrogens with one attached hydrogen (secondary N) is 7. The Balaban J connectivity index is 0.000000222. The first-order valence-electron chi connectivity index (χ1n) is 34.3. The number of hydrogen-bond donors (Lipinski definition) is 7. The van der Waals surface area contributed by atoms with Crippen LogP contribution < -0.4 is 41.4 Å². The van der Waals surface area contributed by atoms with E-state index in [1.54, 1.807) is 24.8 Å². The van der Waals surface area contributed by atoms with Gasteiger partial charge in [0.15, 0.2) is 0 Å². The Morgan fingerprint density at radius 1 is 0.359 bits per heavy atom. The number of nitrogens with zero attached hydrogens (tertiary/aromatic N) is 5. The minimum atomic E-state index is -0.125. The van der Waals surface area contributed by atoms with Gasteiger partial charge in [-0.2, -0.15) is 0 Å². The average Bonchev–Trinajstić information content (AvgIpc) is 1.65. The number of hydrogen-bond acceptors (Lipinski definition) is 11. The van der Waals surface area contributed by atoms with Gasteiger partial charge in [-0.1, -0.05) is 188 Å². The van der Waals surface area contributed by atoms with E-state index in [1.165, 1.54) is 5.57 Å². The van der Waals surface area contributed by atoms with Crippen molar-refractivity contribution >= 4 is 100 Å². The molecular formula is C88H66N12O2Ru+2. The maximum atomic E-state index is 6.22. The van der Waals surface area contributed by atoms with Crippen LogP contribution in [-0.2, 0) is 19.5 Å². The molecule has 12 heterocycles. The maximum absolute atomic E-state index is 6.22. The number of aromatic nitrogens is 8. The summed E-state index contributed by atoms with van der Waals surface area (Å²) >= 11 is 0. The predicted octanol–water partition coefficient (Wildman–Crippen LogP) is 16.4. The molecule has 0 aliphatic carbocycles. The molecule has 0 spiro atoms. The zero-order valence-electron chi connectivity index (χ0n) is 55.6. The van der Waals surface area contributed by atoms with Crippen LogP contribution in [0, 0.1) is 0 Å². The second kappa shape index (κ2) is 28.0. The van der Waals surface area contributed by atoms with E-state index in [0.717, 1.165) is 174 Å². The molecule has 15 heteroatoms. The Kier molecular flexibility index (Phi) is 17.2. The topological polar surface area (TPSA) is 178 Å². The number of rotatable bonds is 9. The van der Waals surface area contributed by atoms with Gasteiger partial charge in [0.2, 0.25) is 6.79 Å². The van der Waals surface area contributed by atoms with Gasteiger partial charge in [-0.15, -0.1) is 0 Å². The second-order valence-corrected chi connectivity index (χ2v) is 25.4. The first-order valence-corrected chi connectivity index (χ1v) is 34.3. The van der Waals surface area contributed by atoms with Crippen molar-refractivity contribution < 1.29 is 29.0 Å². The van der Waals surface area contributed by atoms with Gasteiger partial charge in [-0.3, -0.25) is 19.9 Å². The molecule has 0 saturated carbocycles. The Morgan fingerprint density at radius 2 is 0.777 bits per heavy atom. The van der Waals surface area contributed by atoms with Gasteiger partial charge in [0, 0.05) is 132 Å². The molecular weight excluding hydrogens is 1360 g/mol. The number of anilines is 2. The van der Waals surface area contributed by atoms with Gasteiger partial charge in [0.1, 0.15) is 17.3 Å². The van der Waals surface area contributed by atoms with Gasteiger partial charge in [-0.05, 0) is 119 Å². The summed E-state index contributed by atoms with van der Waals surface area (Å²) in [6, 6.07) is 81.1. The summed E-state index contributed by atoms with van der Waals surface area (Å²) in [4.78, 5) is 33.9. The summed E-state index contributed by atoms with van der Waals surface area (Å²) in [5, 5.41) is 21.7. The fourth-order valence-corrected chi connectivity index (χ4v) is 14.4. The molecule has 103 heavy (non-hydrogen) atoms. The van der Waals surface area contributed by atoms with Crippen LogP contribution in [0.25, 0.3) is 100 Å². The van der Waals surface area contributed by atoms with E-state index in [1.807, 2.05) is 60.7 Å². The molecule has 20 rings (SSSR count). The molecule has 5 aliphatic rings. The number of pyridine rings is 4. The van der Waals surface area contributed by atoms with Crippen LogP contribution in [0.1, 0.15) is 44.8 Å². The number of aromatic amines is 3. The van der Waals surface area contributed by atoms with E-state index in [9.17, 15) is 0 Å². The van der Waals surface area contributed by atoms with Crippen molar-refractivity contribution in [1.82, 2.24) is 50.5 Å². The van der Waals surface area contributed by atoms with Crippen molar-refractivity contribution in [1.29, 1.82) is 0 Å². The zero-order valence-corrected chi connectivity index (χ0v) is 57.4. The molecule has 2 unspecified atom stereocenters. The van der Waals surface area contributed by atoms with Gasteiger partial charge in [0.05, 0.1) is 56.6 Å². The van der Waals surface area contributed by atoms with Crippen molar-refractivity contribution in [2.45, 2.75) is 12.1 Å². The van der Waals surface area contributed by atoms with Gasteiger partial charge < -0.3 is 45.7 Å². The number of ether oxygens (including phenoxy) is 2. The summed E-state index contributed by atoms with van der Waals surface area (Å²) in [5.41, 5.74) is 24.2. The number of fused-ring (bicyclic) bond motifs is 20. The number of allylic oxidation sites excluding steroid dienone is 2. The first-order chi connectivity index (χ1) is 50.6. The number of H-pyrrole nitrogens is 3. The van der Waals surface area contributed by atoms with Crippen LogP contribution >= 0.6 is 0 Å². The van der Waals surface area contributed by atoms with Crippen molar-refractivity contribution in [2.24, 2.45) is 0 Å². The van der Waals surface area contributed by atoms with Gasteiger partial charge in [-0.25, -0.2) is 4.98 Å². The normalized spacial score (nSPS) is 17.7. The van der Waals surface area contributed by atoms with Crippen LogP contribution in [0.2, 0.25) is 0 Å². The Labute approximate surface area is 606 Å². The van der Waals surface area contributed by atoms with Crippen molar-refractivity contribution in [3.05, 3.63) is 365 Å². The minimum Gasteiger partial charge on any atom is -0.458 e. The second-order valence-electron chi connectivity index (χ2n) is 25.4. The predicted molar refractivity (Wildman–Crippen MR) is 413 cm³/mol. The minimum absolute atomic E-state index is 0. The molecule has 0 saturated heterocycles. The smallest absolute Gasteiger partial charge is 0.458 e. The summed E-state index contributed by atoms with van der Waals surface area (Å²) in [6.45, 7) is 1.64. The van der Waals surface area contributed by atoms with Crippen molar-refractivity contribution in [3.63, 3.8) is 0 Å². The fraction of sp³-hybridized carbons (Fsp3) is 0.0568. The average molecular weight is 1420 g/mol. The molecule has 15 aromatic rings. The molecule has 8 bridgehead atoms. The molecule has 496 valence electrons. The van der Waals surface area contributed by atoms with Gasteiger partial charge in [0.25, 0.3) is 0 Å². The standard InChI is InChI=1S/C64H50N8O2.2C12H8N2.Ru/c1-4-12-39(13-5-1)56-48-28-30-50(67-48)57(40-14-6-2-7-15-40)52-32-34-54(69-52)59(55-35-33-53(70-55)58(41-16-8-3-9-17-41)51-31-29-49(56)68-51)42-20-24-44(25-21-42)73-38-74-45-26-22-43(23-27-45)64-71-62-46-18-10-36-65-60(46)61-47(63(62)72-64)19-11-37-66-61;2*1-3-9-5-6-10-4-2-8-14-12(10)11(9)13-7-1;/h1-35,48,53,65-70H,36-38H2,(H,71,72);2*1-8H;/q;;;+2/b56-49-,57-50-,58-51-,59-55-;;;. The van der Waals surface area contributed by atoms with Crippen LogP contribution in [0.15, 0.2) is 309 Å². The Hall–Kier alpha value is -13.0. The summed E-state index contributed by atoms with van der Waals surface area (Å²) in [7, 11) is 0. The summed E-state index contributed by atoms with van der Waals surface area (Å²) in [5.74, 6) is 2.20. The van der Waals surface area contributed by atoms with Crippen molar-refractivity contribution in [3.8, 4) is 22.9 Å². The third-order valence-electron chi connectivity index (χ3n) is 19.2. The van der Waals surface area contributed by atoms with Crippen LogP contribution in [0.4, 0.5) is 11.4 Å². The fourth-order valence-electron chi connectivity index (χ4n) is 14.4. The SMILES string of the molecule is C1=Cc2c(c3c(c4[nH]c(-c5ccc(OCOc6ccc(/C7=C8\C=CC(N8)/C(c8ccccc8)=c8/cc/c([nH]8)=C(\c8ccccc8)C8C=C/C(=C(\c9ccccc9)c9ccc7[nH]9)N8)cc6)cc5)nc24)C=CCN3)NC1.[Ru+2].c1cnc2c(c1)ccc1cccnc12.c1cnc2c(c1)ccc1cccnc12. The quantitative estimate of drug-likeness (QED) is 0.0416. The van der Waals surface area contributed by atoms with E-state index < -0.39 is 0 Å². The Morgan fingerprint density at radius 3 is 1.24 bits per heavy atom. The maximum Gasteiger partial charge on any atom is 2.00 e. The third kappa shape index (κ3) is 12.4. The summed E-state index contributed by atoms with van der Waals surface area (Å²) < 4.78 is 12.4. The molecule has 7 N–H and O–H groups in total. The van der Waals surface area contributed by atoms with E-state index in [-0.39, 0.29) is 38.4 Å². The molecule has 14 nitrogen and oxygen atoms in total. The van der Waals surface area contributed by atoms with Gasteiger partial charge >= 0.3 is 19.5 Å². The monoisotopic (exact) mass is 1420 g/mol. The molecule has 8 aromatic carbocycles. The van der Waals surface area contributed by atoms with E-state index in [4.69, 9.17) is 14.5 Å². The number of benzene rings is 8. The molecule has 0 radical (unpaired) electrons. The van der Waals surface area contributed by atoms with E-state index >= 15 is 0 Å². The van der Waals surface area contributed by atoms with E-state index in [0.29, 0.717) is 11.5 Å². The van der Waals surface area contributed by atoms with Crippen LogP contribution in [0.3, 0.4) is 0 Å². The first kappa shape index (κ1) is 63.5.